The Hall–Kier alpha value is -0.820. The predicted molar refractivity (Wildman–Crippen MR) is 66.9 cm³/mol. The van der Waals surface area contributed by atoms with Crippen LogP contribution in [0.3, 0.4) is 0 Å². The van der Waals surface area contributed by atoms with Crippen LogP contribution in [-0.4, -0.2) is 6.04 Å². The topological polar surface area (TPSA) is 12.0 Å². The highest BCUT2D eigenvalue weighted by Gasteiger charge is 2.13. The summed E-state index contributed by atoms with van der Waals surface area (Å²) in [7, 11) is 0. The fourth-order valence-electron chi connectivity index (χ4n) is 1.75. The third-order valence-corrected chi connectivity index (χ3v) is 3.31. The van der Waals surface area contributed by atoms with E-state index in [4.69, 9.17) is 0 Å². The van der Waals surface area contributed by atoms with Crippen LogP contribution in [0.25, 0.3) is 0 Å². The van der Waals surface area contributed by atoms with Crippen LogP contribution in [0.1, 0.15) is 45.7 Å². The van der Waals surface area contributed by atoms with E-state index in [2.05, 4.69) is 63.3 Å². The minimum Gasteiger partial charge on any atom is -0.307 e. The zero-order valence-corrected chi connectivity index (χ0v) is 10.3. The molecule has 0 aliphatic carbocycles. The summed E-state index contributed by atoms with van der Waals surface area (Å²) in [4.78, 5) is 0. The molecule has 1 N–H and O–H groups in total. The van der Waals surface area contributed by atoms with Crippen molar-refractivity contribution < 1.29 is 0 Å². The van der Waals surface area contributed by atoms with Gasteiger partial charge >= 0.3 is 0 Å². The van der Waals surface area contributed by atoms with Crippen LogP contribution >= 0.6 is 0 Å². The van der Waals surface area contributed by atoms with Crippen molar-refractivity contribution in [3.63, 3.8) is 0 Å². The summed E-state index contributed by atoms with van der Waals surface area (Å²) in [5.74, 6) is 0.733. The van der Waals surface area contributed by atoms with Crippen LogP contribution in [0, 0.1) is 5.92 Å². The summed E-state index contributed by atoms with van der Waals surface area (Å²) in [6.45, 7) is 9.05. The molecule has 1 rings (SSSR count). The second kappa shape index (κ2) is 5.92. The monoisotopic (exact) mass is 205 g/mol. The van der Waals surface area contributed by atoms with Gasteiger partial charge in [0.2, 0.25) is 0 Å². The van der Waals surface area contributed by atoms with Crippen LogP contribution in [0.2, 0.25) is 0 Å². The van der Waals surface area contributed by atoms with Gasteiger partial charge in [0.25, 0.3) is 0 Å². The van der Waals surface area contributed by atoms with Crippen LogP contribution in [0.5, 0.6) is 0 Å². The molecule has 0 fully saturated rings. The minimum atomic E-state index is 0.440. The maximum atomic E-state index is 3.65. The predicted octanol–water partition coefficient (Wildman–Crippen LogP) is 3.77. The number of nitrogens with one attached hydrogen (secondary N) is 1. The van der Waals surface area contributed by atoms with Gasteiger partial charge < -0.3 is 5.32 Å². The lowest BCUT2D eigenvalue weighted by molar-refractivity contribution is 0.360. The van der Waals surface area contributed by atoms with Crippen molar-refractivity contribution >= 4 is 0 Å². The molecule has 0 bridgehead atoms. The van der Waals surface area contributed by atoms with Gasteiger partial charge in [0.05, 0.1) is 0 Å². The summed E-state index contributed by atoms with van der Waals surface area (Å²) in [5.41, 5.74) is 1.37. The SMILES string of the molecule is CCC(C)C(C)N[C@H](C)c1ccccc1. The summed E-state index contributed by atoms with van der Waals surface area (Å²) in [6, 6.07) is 11.6. The van der Waals surface area contributed by atoms with E-state index in [1.807, 2.05) is 0 Å². The molecule has 0 spiro atoms. The van der Waals surface area contributed by atoms with Crippen LogP contribution in [-0.2, 0) is 0 Å². The first-order chi connectivity index (χ1) is 7.15. The van der Waals surface area contributed by atoms with Crippen LogP contribution in [0.15, 0.2) is 30.3 Å². The third-order valence-electron chi connectivity index (χ3n) is 3.31. The molecule has 1 aromatic rings. The maximum absolute atomic E-state index is 3.65. The Morgan fingerprint density at radius 2 is 1.67 bits per heavy atom. The van der Waals surface area contributed by atoms with Gasteiger partial charge in [-0.15, -0.1) is 0 Å². The molecule has 1 heteroatoms. The first-order valence-electron chi connectivity index (χ1n) is 5.96. The molecular formula is C14H23N. The quantitative estimate of drug-likeness (QED) is 0.771. The summed E-state index contributed by atoms with van der Waals surface area (Å²) in [5, 5.41) is 3.65. The number of benzene rings is 1. The Morgan fingerprint density at radius 1 is 1.07 bits per heavy atom. The van der Waals surface area contributed by atoms with Gasteiger partial charge in [-0.2, -0.15) is 0 Å². The van der Waals surface area contributed by atoms with E-state index in [0.29, 0.717) is 12.1 Å². The molecule has 1 nitrogen and oxygen atoms in total. The highest BCUT2D eigenvalue weighted by Crippen LogP contribution is 2.15. The van der Waals surface area contributed by atoms with Gasteiger partial charge in [0, 0.05) is 12.1 Å². The standard InChI is InChI=1S/C14H23N/c1-5-11(2)12(3)15-13(4)14-9-7-6-8-10-14/h6-13,15H,5H2,1-4H3/t11?,12?,13-/m1/s1. The Labute approximate surface area is 93.9 Å². The number of hydrogen-bond donors (Lipinski definition) is 1. The average molecular weight is 205 g/mol. The zero-order chi connectivity index (χ0) is 11.3. The maximum Gasteiger partial charge on any atom is 0.0294 e. The van der Waals surface area contributed by atoms with E-state index in [9.17, 15) is 0 Å². The van der Waals surface area contributed by atoms with Crippen molar-refractivity contribution in [1.29, 1.82) is 0 Å². The summed E-state index contributed by atoms with van der Waals surface area (Å²) in [6.07, 6.45) is 1.23. The van der Waals surface area contributed by atoms with E-state index in [-0.39, 0.29) is 0 Å². The van der Waals surface area contributed by atoms with Crippen molar-refractivity contribution in [2.45, 2.75) is 46.2 Å². The van der Waals surface area contributed by atoms with E-state index in [1.54, 1.807) is 0 Å². The van der Waals surface area contributed by atoms with Crippen LogP contribution < -0.4 is 5.32 Å². The molecule has 0 aliphatic heterocycles. The minimum absolute atomic E-state index is 0.440. The second-order valence-electron chi connectivity index (χ2n) is 4.47. The Bertz CT molecular complexity index is 268. The first-order valence-corrected chi connectivity index (χ1v) is 5.96. The molecule has 0 heterocycles. The molecule has 0 saturated carbocycles. The molecule has 0 aromatic heterocycles. The smallest absolute Gasteiger partial charge is 0.0294 e. The largest absolute Gasteiger partial charge is 0.307 e. The summed E-state index contributed by atoms with van der Waals surface area (Å²) >= 11 is 0. The van der Waals surface area contributed by atoms with Crippen LogP contribution in [0.4, 0.5) is 0 Å². The van der Waals surface area contributed by atoms with Crippen molar-refractivity contribution in [2.75, 3.05) is 0 Å². The number of rotatable bonds is 5. The molecule has 3 atom stereocenters. The molecule has 1 aromatic carbocycles. The van der Waals surface area contributed by atoms with Gasteiger partial charge in [0.1, 0.15) is 0 Å². The van der Waals surface area contributed by atoms with Crippen molar-refractivity contribution in [3.05, 3.63) is 35.9 Å². The Balaban J connectivity index is 2.52. The molecular weight excluding hydrogens is 182 g/mol. The van der Waals surface area contributed by atoms with Gasteiger partial charge in [-0.25, -0.2) is 0 Å². The molecule has 0 aliphatic rings. The van der Waals surface area contributed by atoms with E-state index < -0.39 is 0 Å². The highest BCUT2D eigenvalue weighted by molar-refractivity contribution is 5.18. The first kappa shape index (κ1) is 12.3. The van der Waals surface area contributed by atoms with E-state index in [1.165, 1.54) is 12.0 Å². The normalized spacial score (nSPS) is 17.1. The fourth-order valence-corrected chi connectivity index (χ4v) is 1.75. The molecule has 84 valence electrons. The molecule has 15 heavy (non-hydrogen) atoms. The molecule has 0 amide bonds. The highest BCUT2D eigenvalue weighted by atomic mass is 14.9. The van der Waals surface area contributed by atoms with Crippen molar-refractivity contribution in [1.82, 2.24) is 5.32 Å². The zero-order valence-electron chi connectivity index (χ0n) is 10.3. The lowest BCUT2D eigenvalue weighted by atomic mass is 9.99. The average Bonchev–Trinajstić information content (AvgIpc) is 2.29. The van der Waals surface area contributed by atoms with Crippen molar-refractivity contribution in [3.8, 4) is 0 Å². The Morgan fingerprint density at radius 3 is 2.20 bits per heavy atom. The number of hydrogen-bond acceptors (Lipinski definition) is 1. The fraction of sp³-hybridized carbons (Fsp3) is 0.571. The van der Waals surface area contributed by atoms with E-state index >= 15 is 0 Å². The van der Waals surface area contributed by atoms with E-state index in [0.717, 1.165) is 5.92 Å². The molecule has 2 unspecified atom stereocenters. The lowest BCUT2D eigenvalue weighted by Crippen LogP contribution is -2.33. The lowest BCUT2D eigenvalue weighted by Gasteiger charge is -2.24. The van der Waals surface area contributed by atoms with Crippen molar-refractivity contribution in [2.24, 2.45) is 5.92 Å². The Kier molecular flexibility index (Phi) is 4.83. The van der Waals surface area contributed by atoms with Gasteiger partial charge in [-0.1, -0.05) is 50.6 Å². The second-order valence-corrected chi connectivity index (χ2v) is 4.47. The van der Waals surface area contributed by atoms with Gasteiger partial charge in [-0.05, 0) is 25.3 Å². The molecule has 0 saturated heterocycles. The molecule has 0 radical (unpaired) electrons. The summed E-state index contributed by atoms with van der Waals surface area (Å²) < 4.78 is 0. The van der Waals surface area contributed by atoms with Gasteiger partial charge in [0.15, 0.2) is 0 Å². The van der Waals surface area contributed by atoms with Gasteiger partial charge in [-0.3, -0.25) is 0 Å². The third kappa shape index (κ3) is 3.67.